The first-order valence-corrected chi connectivity index (χ1v) is 7.43. The molecule has 3 rings (SSSR count). The van der Waals surface area contributed by atoms with E-state index in [9.17, 15) is 4.79 Å². The van der Waals surface area contributed by atoms with Crippen molar-refractivity contribution >= 4 is 11.6 Å². The average molecular weight is 283 g/mol. The highest BCUT2D eigenvalue weighted by Crippen LogP contribution is 2.24. The number of nitrogens with zero attached hydrogens (tertiary/aromatic N) is 1. The van der Waals surface area contributed by atoms with E-state index in [2.05, 4.69) is 48.2 Å². The molecule has 1 aromatic carbocycles. The molecule has 1 heterocycles. The number of benzene rings is 1. The van der Waals surface area contributed by atoms with Crippen molar-refractivity contribution in [2.45, 2.75) is 45.4 Å². The second kappa shape index (κ2) is 5.02. The zero-order valence-corrected chi connectivity index (χ0v) is 12.8. The second-order valence-electron chi connectivity index (χ2n) is 6.65. The molecule has 0 radical (unpaired) electrons. The lowest BCUT2D eigenvalue weighted by molar-refractivity contribution is 0.590. The summed E-state index contributed by atoms with van der Waals surface area (Å²) >= 11 is 0. The highest BCUT2D eigenvalue weighted by atomic mass is 16.1. The fourth-order valence-electron chi connectivity index (χ4n) is 2.69. The first-order chi connectivity index (χ1) is 9.93. The van der Waals surface area contributed by atoms with Crippen molar-refractivity contribution in [3.05, 3.63) is 51.4 Å². The number of aryl methyl sites for hydroxylation is 1. The Morgan fingerprint density at radius 2 is 1.86 bits per heavy atom. The van der Waals surface area contributed by atoms with Crippen LogP contribution in [0.5, 0.6) is 0 Å². The summed E-state index contributed by atoms with van der Waals surface area (Å²) in [5.41, 5.74) is 4.13. The SMILES string of the molecule is CC(C)(C)c1ccc(Nc2nc3c(c(=O)[nH]2)CCC3)cc1. The van der Waals surface area contributed by atoms with E-state index in [1.165, 1.54) is 5.56 Å². The van der Waals surface area contributed by atoms with Crippen LogP contribution in [0.1, 0.15) is 44.0 Å². The maximum atomic E-state index is 12.0. The number of rotatable bonds is 2. The maximum absolute atomic E-state index is 12.0. The predicted molar refractivity (Wildman–Crippen MR) is 85.3 cm³/mol. The quantitative estimate of drug-likeness (QED) is 0.889. The summed E-state index contributed by atoms with van der Waals surface area (Å²) in [4.78, 5) is 19.3. The lowest BCUT2D eigenvalue weighted by Gasteiger charge is -2.19. The summed E-state index contributed by atoms with van der Waals surface area (Å²) < 4.78 is 0. The Labute approximate surface area is 124 Å². The van der Waals surface area contributed by atoms with Gasteiger partial charge in [0.2, 0.25) is 5.95 Å². The van der Waals surface area contributed by atoms with Gasteiger partial charge in [-0.2, -0.15) is 0 Å². The highest BCUT2D eigenvalue weighted by molar-refractivity contribution is 5.54. The third-order valence-corrected chi connectivity index (χ3v) is 3.96. The number of aromatic amines is 1. The van der Waals surface area contributed by atoms with Gasteiger partial charge in [0.25, 0.3) is 5.56 Å². The van der Waals surface area contributed by atoms with E-state index in [0.717, 1.165) is 36.2 Å². The van der Waals surface area contributed by atoms with Crippen LogP contribution in [0.3, 0.4) is 0 Å². The van der Waals surface area contributed by atoms with Crippen LogP contribution >= 0.6 is 0 Å². The number of anilines is 2. The number of hydrogen-bond acceptors (Lipinski definition) is 3. The van der Waals surface area contributed by atoms with Gasteiger partial charge in [-0.3, -0.25) is 9.78 Å². The van der Waals surface area contributed by atoms with Gasteiger partial charge in [-0.25, -0.2) is 4.98 Å². The van der Waals surface area contributed by atoms with Crippen molar-refractivity contribution in [3.8, 4) is 0 Å². The standard InChI is InChI=1S/C17H21N3O/c1-17(2,3)11-7-9-12(10-8-11)18-16-19-14-6-4-5-13(14)15(21)20-16/h7-10H,4-6H2,1-3H3,(H2,18,19,20,21). The molecule has 1 aromatic heterocycles. The van der Waals surface area contributed by atoms with Gasteiger partial charge in [0.15, 0.2) is 0 Å². The number of H-pyrrole nitrogens is 1. The monoisotopic (exact) mass is 283 g/mol. The maximum Gasteiger partial charge on any atom is 0.255 e. The smallest absolute Gasteiger partial charge is 0.255 e. The van der Waals surface area contributed by atoms with Gasteiger partial charge in [0.05, 0.1) is 5.69 Å². The largest absolute Gasteiger partial charge is 0.326 e. The number of fused-ring (bicyclic) bond motifs is 1. The van der Waals surface area contributed by atoms with Crippen molar-refractivity contribution in [3.63, 3.8) is 0 Å². The van der Waals surface area contributed by atoms with E-state index in [-0.39, 0.29) is 11.0 Å². The first-order valence-electron chi connectivity index (χ1n) is 7.43. The fraction of sp³-hybridized carbons (Fsp3) is 0.412. The van der Waals surface area contributed by atoms with Crippen LogP contribution in [0, 0.1) is 0 Å². The van der Waals surface area contributed by atoms with Gasteiger partial charge in [0.1, 0.15) is 0 Å². The lowest BCUT2D eigenvalue weighted by atomic mass is 9.87. The molecule has 0 bridgehead atoms. The fourth-order valence-corrected chi connectivity index (χ4v) is 2.69. The second-order valence-corrected chi connectivity index (χ2v) is 6.65. The van der Waals surface area contributed by atoms with Gasteiger partial charge >= 0.3 is 0 Å². The van der Waals surface area contributed by atoms with Gasteiger partial charge in [-0.05, 0) is 42.4 Å². The van der Waals surface area contributed by atoms with Gasteiger partial charge < -0.3 is 5.32 Å². The van der Waals surface area contributed by atoms with Gasteiger partial charge in [0, 0.05) is 11.3 Å². The summed E-state index contributed by atoms with van der Waals surface area (Å²) in [6.45, 7) is 6.57. The minimum absolute atomic E-state index is 0.00804. The van der Waals surface area contributed by atoms with E-state index < -0.39 is 0 Å². The molecule has 0 spiro atoms. The number of hydrogen-bond donors (Lipinski definition) is 2. The van der Waals surface area contributed by atoms with E-state index in [4.69, 9.17) is 0 Å². The summed E-state index contributed by atoms with van der Waals surface area (Å²) in [6.07, 6.45) is 2.77. The van der Waals surface area contributed by atoms with Crippen LogP contribution in [-0.4, -0.2) is 9.97 Å². The van der Waals surface area contributed by atoms with Crippen LogP contribution in [0.25, 0.3) is 0 Å². The molecule has 2 N–H and O–H groups in total. The van der Waals surface area contributed by atoms with Crippen LogP contribution < -0.4 is 10.9 Å². The van der Waals surface area contributed by atoms with Crippen molar-refractivity contribution in [1.82, 2.24) is 9.97 Å². The van der Waals surface area contributed by atoms with E-state index in [1.807, 2.05) is 12.1 Å². The topological polar surface area (TPSA) is 57.8 Å². The summed E-state index contributed by atoms with van der Waals surface area (Å²) in [7, 11) is 0. The molecular weight excluding hydrogens is 262 g/mol. The normalized spacial score (nSPS) is 14.0. The molecule has 2 aromatic rings. The zero-order valence-electron chi connectivity index (χ0n) is 12.8. The Hall–Kier alpha value is -2.10. The molecule has 0 saturated heterocycles. The van der Waals surface area contributed by atoms with E-state index in [1.54, 1.807) is 0 Å². The molecule has 4 heteroatoms. The molecule has 4 nitrogen and oxygen atoms in total. The molecule has 0 unspecified atom stereocenters. The third-order valence-electron chi connectivity index (χ3n) is 3.96. The Bertz CT molecular complexity index is 708. The van der Waals surface area contributed by atoms with Crippen LogP contribution in [0.4, 0.5) is 11.6 Å². The predicted octanol–water partition coefficient (Wildman–Crippen LogP) is 3.30. The summed E-state index contributed by atoms with van der Waals surface area (Å²) in [5.74, 6) is 0.532. The minimum Gasteiger partial charge on any atom is -0.326 e. The average Bonchev–Trinajstić information content (AvgIpc) is 2.87. The summed E-state index contributed by atoms with van der Waals surface area (Å²) in [6, 6.07) is 8.25. The van der Waals surface area contributed by atoms with Crippen LogP contribution in [-0.2, 0) is 18.3 Å². The van der Waals surface area contributed by atoms with Crippen molar-refractivity contribution in [2.24, 2.45) is 0 Å². The molecular formula is C17H21N3O. The Morgan fingerprint density at radius 3 is 2.52 bits per heavy atom. The lowest BCUT2D eigenvalue weighted by Crippen LogP contribution is -2.16. The summed E-state index contributed by atoms with van der Waals surface area (Å²) in [5, 5.41) is 3.19. The van der Waals surface area contributed by atoms with Gasteiger partial charge in [-0.1, -0.05) is 32.9 Å². The van der Waals surface area contributed by atoms with Crippen LogP contribution in [0.15, 0.2) is 29.1 Å². The Morgan fingerprint density at radius 1 is 1.14 bits per heavy atom. The third kappa shape index (κ3) is 2.84. The zero-order chi connectivity index (χ0) is 15.0. The molecule has 1 aliphatic rings. The molecule has 0 amide bonds. The van der Waals surface area contributed by atoms with E-state index in [0.29, 0.717) is 5.95 Å². The molecule has 0 fully saturated rings. The molecule has 0 aliphatic heterocycles. The molecule has 21 heavy (non-hydrogen) atoms. The van der Waals surface area contributed by atoms with Gasteiger partial charge in [-0.15, -0.1) is 0 Å². The molecule has 110 valence electrons. The first kappa shape index (κ1) is 13.9. The molecule has 0 atom stereocenters. The van der Waals surface area contributed by atoms with Crippen molar-refractivity contribution in [2.75, 3.05) is 5.32 Å². The minimum atomic E-state index is -0.00804. The van der Waals surface area contributed by atoms with Crippen LogP contribution in [0.2, 0.25) is 0 Å². The highest BCUT2D eigenvalue weighted by Gasteiger charge is 2.17. The Balaban J connectivity index is 1.84. The Kier molecular flexibility index (Phi) is 3.32. The number of aromatic nitrogens is 2. The van der Waals surface area contributed by atoms with Crippen molar-refractivity contribution in [1.29, 1.82) is 0 Å². The number of nitrogens with one attached hydrogen (secondary N) is 2. The van der Waals surface area contributed by atoms with E-state index >= 15 is 0 Å². The molecule has 1 aliphatic carbocycles. The molecule has 0 saturated carbocycles. The van der Waals surface area contributed by atoms with Crippen molar-refractivity contribution < 1.29 is 0 Å².